The molecule has 3 aromatic heterocycles. The molecule has 1 aliphatic heterocycles. The van der Waals surface area contributed by atoms with Crippen molar-refractivity contribution >= 4 is 33.8 Å². The highest BCUT2D eigenvalue weighted by Gasteiger charge is 2.25. The van der Waals surface area contributed by atoms with Crippen LogP contribution in [-0.4, -0.2) is 64.7 Å². The molecule has 10 heteroatoms. The van der Waals surface area contributed by atoms with E-state index in [0.29, 0.717) is 40.2 Å². The van der Waals surface area contributed by atoms with Crippen molar-refractivity contribution in [2.24, 2.45) is 0 Å². The third kappa shape index (κ3) is 4.32. The Kier molecular flexibility index (Phi) is 5.89. The number of benzene rings is 1. The van der Waals surface area contributed by atoms with Crippen LogP contribution in [0.2, 0.25) is 0 Å². The SMILES string of the molecule is COc1ncc2c(N3C[C@@H](C)N[C@H](C)C3)ccc(C(=O)Nc3cc(OC)c4nc(C)cn4c3)c2n1. The molecule has 0 spiro atoms. The number of piperazine rings is 1. The lowest BCUT2D eigenvalue weighted by Gasteiger charge is -2.38. The van der Waals surface area contributed by atoms with Gasteiger partial charge in [-0.05, 0) is 32.9 Å². The first-order valence-corrected chi connectivity index (χ1v) is 11.6. The Labute approximate surface area is 203 Å². The molecule has 1 aliphatic rings. The number of fused-ring (bicyclic) bond motifs is 2. The van der Waals surface area contributed by atoms with Gasteiger partial charge in [-0.25, -0.2) is 9.97 Å². The normalized spacial score (nSPS) is 18.1. The number of imidazole rings is 1. The van der Waals surface area contributed by atoms with Gasteiger partial charge in [0.05, 0.1) is 36.7 Å². The molecule has 4 heterocycles. The molecule has 35 heavy (non-hydrogen) atoms. The summed E-state index contributed by atoms with van der Waals surface area (Å²) in [6.45, 7) is 7.94. The van der Waals surface area contributed by atoms with E-state index >= 15 is 0 Å². The molecule has 10 nitrogen and oxygen atoms in total. The maximum Gasteiger partial charge on any atom is 0.316 e. The summed E-state index contributed by atoms with van der Waals surface area (Å²) < 4.78 is 12.6. The fraction of sp³-hybridized carbons (Fsp3) is 0.360. The number of carbonyl (C=O) groups is 1. The highest BCUT2D eigenvalue weighted by molar-refractivity contribution is 6.14. The highest BCUT2D eigenvalue weighted by Crippen LogP contribution is 2.31. The largest absolute Gasteiger partial charge is 0.493 e. The lowest BCUT2D eigenvalue weighted by atomic mass is 10.0. The first-order valence-electron chi connectivity index (χ1n) is 11.6. The summed E-state index contributed by atoms with van der Waals surface area (Å²) in [6.07, 6.45) is 5.42. The van der Waals surface area contributed by atoms with E-state index in [-0.39, 0.29) is 11.9 Å². The van der Waals surface area contributed by atoms with Crippen LogP contribution in [0.1, 0.15) is 29.9 Å². The number of aryl methyl sites for hydroxylation is 1. The second-order valence-corrected chi connectivity index (χ2v) is 8.99. The van der Waals surface area contributed by atoms with Gasteiger partial charge in [0.15, 0.2) is 11.4 Å². The molecule has 1 amide bonds. The smallest absolute Gasteiger partial charge is 0.316 e. The van der Waals surface area contributed by atoms with Crippen molar-refractivity contribution in [2.45, 2.75) is 32.9 Å². The van der Waals surface area contributed by atoms with Crippen LogP contribution >= 0.6 is 0 Å². The quantitative estimate of drug-likeness (QED) is 0.454. The van der Waals surface area contributed by atoms with E-state index in [9.17, 15) is 4.79 Å². The van der Waals surface area contributed by atoms with Crippen LogP contribution in [-0.2, 0) is 0 Å². The van der Waals surface area contributed by atoms with Crippen molar-refractivity contribution in [3.63, 3.8) is 0 Å². The molecule has 0 aliphatic carbocycles. The van der Waals surface area contributed by atoms with Crippen LogP contribution in [0.5, 0.6) is 11.8 Å². The summed E-state index contributed by atoms with van der Waals surface area (Å²) in [5, 5.41) is 7.34. The summed E-state index contributed by atoms with van der Waals surface area (Å²) in [6, 6.07) is 6.44. The number of hydrogen-bond donors (Lipinski definition) is 2. The van der Waals surface area contributed by atoms with Crippen molar-refractivity contribution in [1.82, 2.24) is 24.7 Å². The molecule has 0 unspecified atom stereocenters. The van der Waals surface area contributed by atoms with Gasteiger partial charge in [0.25, 0.3) is 5.91 Å². The standard InChI is InChI=1S/C25H29N7O3/c1-14-10-31(11-15(2)27-14)20-7-6-18(22-19(20)9-26-25(30-22)35-5)24(33)29-17-8-21(34-4)23-28-16(3)12-32(23)13-17/h6-9,12-15,27H,10-11H2,1-5H3,(H,29,33)/t14-,15-/m1/s1. The molecule has 1 fully saturated rings. The van der Waals surface area contributed by atoms with Crippen molar-refractivity contribution in [1.29, 1.82) is 0 Å². The van der Waals surface area contributed by atoms with E-state index in [0.717, 1.165) is 29.9 Å². The number of anilines is 2. The van der Waals surface area contributed by atoms with Crippen molar-refractivity contribution in [2.75, 3.05) is 37.5 Å². The molecule has 0 bridgehead atoms. The van der Waals surface area contributed by atoms with Crippen LogP contribution in [0, 0.1) is 6.92 Å². The summed E-state index contributed by atoms with van der Waals surface area (Å²) in [5.41, 5.74) is 4.10. The second-order valence-electron chi connectivity index (χ2n) is 8.99. The number of carbonyl (C=O) groups excluding carboxylic acids is 1. The van der Waals surface area contributed by atoms with Crippen molar-refractivity contribution < 1.29 is 14.3 Å². The van der Waals surface area contributed by atoms with Crippen LogP contribution in [0.4, 0.5) is 11.4 Å². The predicted molar refractivity (Wildman–Crippen MR) is 135 cm³/mol. The minimum Gasteiger partial charge on any atom is -0.493 e. The van der Waals surface area contributed by atoms with Crippen LogP contribution < -0.4 is 25.0 Å². The first kappa shape index (κ1) is 22.9. The lowest BCUT2D eigenvalue weighted by molar-refractivity contribution is 0.102. The number of pyridine rings is 1. The van der Waals surface area contributed by atoms with E-state index in [2.05, 4.69) is 44.3 Å². The zero-order valence-corrected chi connectivity index (χ0v) is 20.5. The van der Waals surface area contributed by atoms with E-state index < -0.39 is 0 Å². The zero-order valence-electron chi connectivity index (χ0n) is 20.5. The Balaban J connectivity index is 1.55. The van der Waals surface area contributed by atoms with Gasteiger partial charge in [-0.3, -0.25) is 4.79 Å². The zero-order chi connectivity index (χ0) is 24.7. The average molecular weight is 476 g/mol. The van der Waals surface area contributed by atoms with Gasteiger partial charge < -0.3 is 29.4 Å². The predicted octanol–water partition coefficient (Wildman–Crippen LogP) is 3.04. The van der Waals surface area contributed by atoms with Gasteiger partial charge in [-0.15, -0.1) is 0 Å². The number of nitrogens with zero attached hydrogens (tertiary/aromatic N) is 5. The average Bonchev–Trinajstić information content (AvgIpc) is 3.21. The number of ether oxygens (including phenoxy) is 2. The number of amides is 1. The van der Waals surface area contributed by atoms with Gasteiger partial charge >= 0.3 is 6.01 Å². The monoisotopic (exact) mass is 475 g/mol. The van der Waals surface area contributed by atoms with E-state index in [1.54, 1.807) is 19.4 Å². The highest BCUT2D eigenvalue weighted by atomic mass is 16.5. The summed E-state index contributed by atoms with van der Waals surface area (Å²) in [4.78, 5) is 29.1. The molecule has 182 valence electrons. The molecular weight excluding hydrogens is 446 g/mol. The van der Waals surface area contributed by atoms with Crippen molar-refractivity contribution in [3.8, 4) is 11.8 Å². The van der Waals surface area contributed by atoms with Gasteiger partial charge in [0.2, 0.25) is 0 Å². The maximum absolute atomic E-state index is 13.5. The first-order chi connectivity index (χ1) is 16.9. The van der Waals surface area contributed by atoms with Crippen LogP contribution in [0.25, 0.3) is 16.6 Å². The Bertz CT molecular complexity index is 1410. The third-order valence-electron chi connectivity index (χ3n) is 6.15. The van der Waals surface area contributed by atoms with Gasteiger partial charge in [-0.1, -0.05) is 0 Å². The lowest BCUT2D eigenvalue weighted by Crippen LogP contribution is -2.54. The summed E-state index contributed by atoms with van der Waals surface area (Å²) >= 11 is 0. The minimum atomic E-state index is -0.289. The Morgan fingerprint density at radius 3 is 2.60 bits per heavy atom. The molecule has 1 aromatic carbocycles. The fourth-order valence-electron chi connectivity index (χ4n) is 4.78. The number of rotatable bonds is 5. The van der Waals surface area contributed by atoms with Crippen LogP contribution in [0.3, 0.4) is 0 Å². The second kappa shape index (κ2) is 9.03. The molecule has 1 saturated heterocycles. The van der Waals surface area contributed by atoms with E-state index in [1.165, 1.54) is 7.11 Å². The summed E-state index contributed by atoms with van der Waals surface area (Å²) in [7, 11) is 3.09. The number of aromatic nitrogens is 4. The molecule has 4 aromatic rings. The fourth-order valence-corrected chi connectivity index (χ4v) is 4.78. The topological polar surface area (TPSA) is 106 Å². The van der Waals surface area contributed by atoms with Gasteiger partial charge in [-0.2, -0.15) is 4.98 Å². The Morgan fingerprint density at radius 1 is 1.11 bits per heavy atom. The molecule has 0 saturated carbocycles. The minimum absolute atomic E-state index is 0.211. The number of hydrogen-bond acceptors (Lipinski definition) is 8. The third-order valence-corrected chi connectivity index (χ3v) is 6.15. The molecule has 2 N–H and O–H groups in total. The molecule has 2 atom stereocenters. The molecule has 0 radical (unpaired) electrons. The number of methoxy groups -OCH3 is 2. The van der Waals surface area contributed by atoms with E-state index in [4.69, 9.17) is 9.47 Å². The molecular formula is C25H29N7O3. The Hall–Kier alpha value is -3.92. The van der Waals surface area contributed by atoms with Crippen LogP contribution in [0.15, 0.2) is 36.8 Å². The maximum atomic E-state index is 13.5. The van der Waals surface area contributed by atoms with Crippen molar-refractivity contribution in [3.05, 3.63) is 48.0 Å². The molecule has 5 rings (SSSR count). The number of nitrogens with one attached hydrogen (secondary N) is 2. The van der Waals surface area contributed by atoms with Gasteiger partial charge in [0, 0.05) is 60.9 Å². The van der Waals surface area contributed by atoms with E-state index in [1.807, 2.05) is 35.9 Å². The summed E-state index contributed by atoms with van der Waals surface area (Å²) in [5.74, 6) is 0.282. The van der Waals surface area contributed by atoms with Gasteiger partial charge in [0.1, 0.15) is 0 Å². The Morgan fingerprint density at radius 2 is 1.89 bits per heavy atom.